The fourth-order valence-corrected chi connectivity index (χ4v) is 2.80. The fraction of sp³-hybridized carbons (Fsp3) is 0.500. The van der Waals surface area contributed by atoms with Crippen molar-refractivity contribution in [3.63, 3.8) is 0 Å². The van der Waals surface area contributed by atoms with Crippen molar-refractivity contribution in [1.82, 2.24) is 0 Å². The van der Waals surface area contributed by atoms with Gasteiger partial charge in [-0.1, -0.05) is 13.0 Å². The number of benzene rings is 1. The predicted molar refractivity (Wildman–Crippen MR) is 74.6 cm³/mol. The molecule has 0 spiro atoms. The number of nitrogens with two attached hydrogens (primary N) is 2. The molecule has 4 heteroatoms. The lowest BCUT2D eigenvalue weighted by Crippen LogP contribution is -2.40. The second kappa shape index (κ2) is 5.29. The average molecular weight is 247 g/mol. The van der Waals surface area contributed by atoms with Gasteiger partial charge in [-0.3, -0.25) is 4.79 Å². The minimum atomic E-state index is -0.405. The smallest absolute Gasteiger partial charge is 0.250 e. The first kappa shape index (κ1) is 12.7. The Hall–Kier alpha value is -1.71. The van der Waals surface area contributed by atoms with Crippen molar-refractivity contribution in [3.8, 4) is 0 Å². The number of primary amides is 1. The van der Waals surface area contributed by atoms with Crippen LogP contribution in [0.25, 0.3) is 0 Å². The minimum absolute atomic E-state index is 0.405. The number of hydrogen-bond acceptors (Lipinski definition) is 3. The Morgan fingerprint density at radius 3 is 2.89 bits per heavy atom. The number of hydrogen-bond donors (Lipinski definition) is 2. The highest BCUT2D eigenvalue weighted by atomic mass is 16.1. The maximum absolute atomic E-state index is 11.6. The first-order chi connectivity index (χ1) is 8.65. The van der Waals surface area contributed by atoms with E-state index in [-0.39, 0.29) is 0 Å². The van der Waals surface area contributed by atoms with Gasteiger partial charge in [-0.2, -0.15) is 0 Å². The van der Waals surface area contributed by atoms with Gasteiger partial charge in [-0.05, 0) is 37.8 Å². The summed E-state index contributed by atoms with van der Waals surface area (Å²) in [6.07, 6.45) is 4.60. The summed E-state index contributed by atoms with van der Waals surface area (Å²) in [6, 6.07) is 5.84. The number of para-hydroxylation sites is 1. The van der Waals surface area contributed by atoms with Crippen LogP contribution < -0.4 is 16.4 Å². The standard InChI is InChI=1S/C14H21N3O/c1-2-10-6-3-4-9-17(10)13-11(14(16)18)7-5-8-12(13)15/h5,7-8,10H,2-4,6,9,15H2,1H3,(H2,16,18). The van der Waals surface area contributed by atoms with Crippen LogP contribution in [0.5, 0.6) is 0 Å². The summed E-state index contributed by atoms with van der Waals surface area (Å²) < 4.78 is 0. The number of nitrogen functional groups attached to an aromatic ring is 1. The molecule has 1 aromatic rings. The van der Waals surface area contributed by atoms with Crippen LogP contribution in [0.15, 0.2) is 18.2 Å². The van der Waals surface area contributed by atoms with E-state index in [0.717, 1.165) is 31.5 Å². The molecule has 1 fully saturated rings. The van der Waals surface area contributed by atoms with Gasteiger partial charge in [0.25, 0.3) is 5.91 Å². The van der Waals surface area contributed by atoms with Crippen LogP contribution in [0.2, 0.25) is 0 Å². The second-order valence-corrected chi connectivity index (χ2v) is 4.86. The summed E-state index contributed by atoms with van der Waals surface area (Å²) in [5, 5.41) is 0. The maximum atomic E-state index is 11.6. The van der Waals surface area contributed by atoms with Gasteiger partial charge < -0.3 is 16.4 Å². The summed E-state index contributed by atoms with van der Waals surface area (Å²) >= 11 is 0. The third kappa shape index (κ3) is 2.28. The normalized spacial score (nSPS) is 19.8. The highest BCUT2D eigenvalue weighted by molar-refractivity contribution is 6.01. The summed E-state index contributed by atoms with van der Waals surface area (Å²) in [6.45, 7) is 3.12. The van der Waals surface area contributed by atoms with Crippen LogP contribution >= 0.6 is 0 Å². The quantitative estimate of drug-likeness (QED) is 0.804. The van der Waals surface area contributed by atoms with Gasteiger partial charge in [-0.15, -0.1) is 0 Å². The molecule has 1 saturated heterocycles. The van der Waals surface area contributed by atoms with Crippen molar-refractivity contribution in [2.45, 2.75) is 38.6 Å². The lowest BCUT2D eigenvalue weighted by Gasteiger charge is -2.38. The van der Waals surface area contributed by atoms with Crippen LogP contribution in [0.3, 0.4) is 0 Å². The zero-order valence-corrected chi connectivity index (χ0v) is 10.9. The topological polar surface area (TPSA) is 72.3 Å². The van der Waals surface area contributed by atoms with Crippen molar-refractivity contribution < 1.29 is 4.79 Å². The summed E-state index contributed by atoms with van der Waals surface area (Å²) in [4.78, 5) is 13.8. The Morgan fingerprint density at radius 1 is 1.44 bits per heavy atom. The van der Waals surface area contributed by atoms with Crippen molar-refractivity contribution in [1.29, 1.82) is 0 Å². The van der Waals surface area contributed by atoms with Gasteiger partial charge in [-0.25, -0.2) is 0 Å². The van der Waals surface area contributed by atoms with Crippen molar-refractivity contribution >= 4 is 17.3 Å². The second-order valence-electron chi connectivity index (χ2n) is 4.86. The van der Waals surface area contributed by atoms with Gasteiger partial charge in [0.05, 0.1) is 16.9 Å². The molecular formula is C14H21N3O. The van der Waals surface area contributed by atoms with Crippen molar-refractivity contribution in [2.75, 3.05) is 17.2 Å². The zero-order chi connectivity index (χ0) is 13.1. The van der Waals surface area contributed by atoms with Crippen LogP contribution in [-0.2, 0) is 0 Å². The number of rotatable bonds is 3. The Bertz CT molecular complexity index is 445. The summed E-state index contributed by atoms with van der Waals surface area (Å²) in [7, 11) is 0. The monoisotopic (exact) mass is 247 g/mol. The highest BCUT2D eigenvalue weighted by Crippen LogP contribution is 2.33. The van der Waals surface area contributed by atoms with E-state index in [1.54, 1.807) is 12.1 Å². The van der Waals surface area contributed by atoms with E-state index in [1.807, 2.05) is 6.07 Å². The van der Waals surface area contributed by atoms with Gasteiger partial charge in [0.2, 0.25) is 0 Å². The van der Waals surface area contributed by atoms with E-state index in [1.165, 1.54) is 6.42 Å². The third-order valence-electron chi connectivity index (χ3n) is 3.72. The number of anilines is 2. The molecule has 1 aliphatic rings. The largest absolute Gasteiger partial charge is 0.397 e. The van der Waals surface area contributed by atoms with E-state index < -0.39 is 5.91 Å². The summed E-state index contributed by atoms with van der Waals surface area (Å²) in [5.41, 5.74) is 13.5. The molecule has 0 aromatic heterocycles. The maximum Gasteiger partial charge on any atom is 0.250 e. The molecule has 1 heterocycles. The van der Waals surface area contributed by atoms with Crippen molar-refractivity contribution in [2.24, 2.45) is 5.73 Å². The molecule has 4 nitrogen and oxygen atoms in total. The predicted octanol–water partition coefficient (Wildman–Crippen LogP) is 2.14. The first-order valence-corrected chi connectivity index (χ1v) is 6.60. The van der Waals surface area contributed by atoms with E-state index in [4.69, 9.17) is 11.5 Å². The molecule has 4 N–H and O–H groups in total. The zero-order valence-electron chi connectivity index (χ0n) is 10.9. The molecule has 1 amide bonds. The molecule has 0 bridgehead atoms. The van der Waals surface area contributed by atoms with Crippen LogP contribution in [0.4, 0.5) is 11.4 Å². The van der Waals surface area contributed by atoms with E-state index >= 15 is 0 Å². The Kier molecular flexibility index (Phi) is 3.75. The van der Waals surface area contributed by atoms with E-state index in [9.17, 15) is 4.79 Å². The molecule has 98 valence electrons. The third-order valence-corrected chi connectivity index (χ3v) is 3.72. The number of carbonyl (C=O) groups excluding carboxylic acids is 1. The molecule has 0 aliphatic carbocycles. The van der Waals surface area contributed by atoms with Gasteiger partial charge in [0.15, 0.2) is 0 Å². The molecule has 0 saturated carbocycles. The fourth-order valence-electron chi connectivity index (χ4n) is 2.80. The number of amides is 1. The molecular weight excluding hydrogens is 226 g/mol. The number of piperidine rings is 1. The highest BCUT2D eigenvalue weighted by Gasteiger charge is 2.25. The number of nitrogens with zero attached hydrogens (tertiary/aromatic N) is 1. The van der Waals surface area contributed by atoms with E-state index in [2.05, 4.69) is 11.8 Å². The van der Waals surface area contributed by atoms with Gasteiger partial charge in [0.1, 0.15) is 0 Å². The van der Waals surface area contributed by atoms with Crippen LogP contribution in [-0.4, -0.2) is 18.5 Å². The molecule has 1 atom stereocenters. The molecule has 1 aromatic carbocycles. The average Bonchev–Trinajstić information content (AvgIpc) is 2.38. The van der Waals surface area contributed by atoms with Crippen molar-refractivity contribution in [3.05, 3.63) is 23.8 Å². The lowest BCUT2D eigenvalue weighted by molar-refractivity contribution is 0.100. The van der Waals surface area contributed by atoms with E-state index in [0.29, 0.717) is 17.3 Å². The Labute approximate surface area is 108 Å². The SMILES string of the molecule is CCC1CCCCN1c1c(N)cccc1C(N)=O. The molecule has 1 aliphatic heterocycles. The Morgan fingerprint density at radius 2 is 2.22 bits per heavy atom. The van der Waals surface area contributed by atoms with Crippen LogP contribution in [0.1, 0.15) is 43.0 Å². The Balaban J connectivity index is 2.44. The first-order valence-electron chi connectivity index (χ1n) is 6.60. The van der Waals surface area contributed by atoms with Gasteiger partial charge >= 0.3 is 0 Å². The molecule has 1 unspecified atom stereocenters. The summed E-state index contributed by atoms with van der Waals surface area (Å²) in [5.74, 6) is -0.405. The lowest BCUT2D eigenvalue weighted by atomic mass is 9.97. The van der Waals surface area contributed by atoms with Crippen LogP contribution in [0, 0.1) is 0 Å². The number of carbonyl (C=O) groups is 1. The molecule has 18 heavy (non-hydrogen) atoms. The van der Waals surface area contributed by atoms with Gasteiger partial charge in [0, 0.05) is 12.6 Å². The minimum Gasteiger partial charge on any atom is -0.397 e. The molecule has 2 rings (SSSR count). The molecule has 0 radical (unpaired) electrons.